The van der Waals surface area contributed by atoms with Gasteiger partial charge in [-0.1, -0.05) is 30.3 Å². The molecule has 0 fully saturated rings. The summed E-state index contributed by atoms with van der Waals surface area (Å²) in [5.41, 5.74) is 4.54. The van der Waals surface area contributed by atoms with Crippen LogP contribution in [0.15, 0.2) is 35.3 Å². The number of hydrogen-bond acceptors (Lipinski definition) is 3. The Morgan fingerprint density at radius 2 is 2.00 bits per heavy atom. The number of likely N-dealkylation sites (N-methyl/N-ethyl adjacent to an activating group) is 1. The normalized spacial score (nSPS) is 25.7. The summed E-state index contributed by atoms with van der Waals surface area (Å²) >= 11 is 0. The number of aliphatic hydroxyl groups is 1. The minimum atomic E-state index is -1.24. The summed E-state index contributed by atoms with van der Waals surface area (Å²) in [5.74, 6) is 0. The van der Waals surface area contributed by atoms with Crippen molar-refractivity contribution in [1.82, 2.24) is 5.01 Å². The van der Waals surface area contributed by atoms with E-state index in [0.717, 1.165) is 12.1 Å². The van der Waals surface area contributed by atoms with Gasteiger partial charge in [0.25, 0.3) is 0 Å². The molecule has 1 aliphatic rings. The average Bonchev–Trinajstić information content (AvgIpc) is 2.37. The summed E-state index contributed by atoms with van der Waals surface area (Å²) in [5, 5.41) is 12.0. The maximum Gasteiger partial charge on any atom is 1.00 e. The minimum absolute atomic E-state index is 0. The van der Waals surface area contributed by atoms with Crippen LogP contribution in [0.25, 0.3) is 5.43 Å². The van der Waals surface area contributed by atoms with Gasteiger partial charge in [0.15, 0.2) is 0 Å². The standard InChI is InChI=1S/C12H16N3O.Na/c1-12(16)11(10-6-4-3-5-7-10)13-8-9-15(2)14-12;/h3-7,16H,8-9H2,1-2H3;/q-1;+1. The Balaban J connectivity index is 0.00000144. The first-order valence-electron chi connectivity index (χ1n) is 5.36. The van der Waals surface area contributed by atoms with Crippen LogP contribution < -0.4 is 29.6 Å². The maximum absolute atomic E-state index is 10.3. The van der Waals surface area contributed by atoms with Gasteiger partial charge in [-0.3, -0.25) is 4.99 Å². The van der Waals surface area contributed by atoms with Crippen molar-refractivity contribution in [3.63, 3.8) is 0 Å². The van der Waals surface area contributed by atoms with E-state index in [4.69, 9.17) is 0 Å². The molecule has 0 aliphatic carbocycles. The molecular weight excluding hydrogens is 225 g/mol. The average molecular weight is 241 g/mol. The second-order valence-electron chi connectivity index (χ2n) is 4.10. The molecule has 0 saturated heterocycles. The van der Waals surface area contributed by atoms with Gasteiger partial charge in [-0.05, 0) is 19.5 Å². The van der Waals surface area contributed by atoms with Gasteiger partial charge in [-0.25, -0.2) is 0 Å². The Labute approximate surface area is 124 Å². The van der Waals surface area contributed by atoms with Crippen LogP contribution >= 0.6 is 0 Å². The largest absolute Gasteiger partial charge is 1.00 e. The molecule has 17 heavy (non-hydrogen) atoms. The quantitative estimate of drug-likeness (QED) is 0.603. The van der Waals surface area contributed by atoms with Crippen LogP contribution in [0.2, 0.25) is 0 Å². The predicted octanol–water partition coefficient (Wildman–Crippen LogP) is -1.58. The molecule has 1 unspecified atom stereocenters. The molecule has 2 rings (SSSR count). The van der Waals surface area contributed by atoms with Crippen LogP contribution in [-0.4, -0.2) is 41.7 Å². The third kappa shape index (κ3) is 3.61. The van der Waals surface area contributed by atoms with Crippen molar-refractivity contribution in [3.8, 4) is 0 Å². The summed E-state index contributed by atoms with van der Waals surface area (Å²) in [4.78, 5) is 4.43. The molecule has 1 N–H and O–H groups in total. The van der Waals surface area contributed by atoms with Crippen LogP contribution in [0.4, 0.5) is 0 Å². The fourth-order valence-electron chi connectivity index (χ4n) is 1.85. The van der Waals surface area contributed by atoms with Crippen molar-refractivity contribution >= 4 is 5.71 Å². The van der Waals surface area contributed by atoms with Crippen molar-refractivity contribution in [2.24, 2.45) is 4.99 Å². The molecule has 0 radical (unpaired) electrons. The van der Waals surface area contributed by atoms with E-state index < -0.39 is 5.72 Å². The smallest absolute Gasteiger partial charge is 0.561 e. The van der Waals surface area contributed by atoms with Gasteiger partial charge in [0, 0.05) is 12.3 Å². The zero-order valence-electron chi connectivity index (χ0n) is 10.6. The predicted molar refractivity (Wildman–Crippen MR) is 64.5 cm³/mol. The summed E-state index contributed by atoms with van der Waals surface area (Å²) in [6, 6.07) is 9.69. The monoisotopic (exact) mass is 241 g/mol. The first-order chi connectivity index (χ1) is 7.59. The molecule has 0 aromatic heterocycles. The Kier molecular flexibility index (Phi) is 5.31. The number of benzene rings is 1. The third-order valence-corrected chi connectivity index (χ3v) is 2.55. The van der Waals surface area contributed by atoms with Crippen LogP contribution in [0.1, 0.15) is 12.5 Å². The molecule has 1 heterocycles. The molecule has 1 atom stereocenters. The number of aliphatic imine (C=N–C) groups is 1. The van der Waals surface area contributed by atoms with Gasteiger partial charge < -0.3 is 15.5 Å². The number of rotatable bonds is 1. The summed E-state index contributed by atoms with van der Waals surface area (Å²) in [6.07, 6.45) is 0. The van der Waals surface area contributed by atoms with E-state index in [1.807, 2.05) is 37.4 Å². The molecule has 0 saturated carbocycles. The number of nitrogens with zero attached hydrogens (tertiary/aromatic N) is 3. The SMILES string of the molecule is CN1CCN=C(c2ccccc2)C(C)(O)[N-]1.[Na+]. The zero-order chi connectivity index (χ0) is 11.6. The van der Waals surface area contributed by atoms with Gasteiger partial charge in [0.2, 0.25) is 0 Å². The molecule has 1 aromatic carbocycles. The summed E-state index contributed by atoms with van der Waals surface area (Å²) < 4.78 is 0. The second-order valence-corrected chi connectivity index (χ2v) is 4.10. The van der Waals surface area contributed by atoms with E-state index in [-0.39, 0.29) is 29.6 Å². The van der Waals surface area contributed by atoms with Crippen molar-refractivity contribution in [3.05, 3.63) is 41.3 Å². The van der Waals surface area contributed by atoms with Crippen LogP contribution in [-0.2, 0) is 0 Å². The molecular formula is C12H16N3NaO. The van der Waals surface area contributed by atoms with E-state index in [0.29, 0.717) is 12.3 Å². The Morgan fingerprint density at radius 3 is 2.65 bits per heavy atom. The molecule has 1 aromatic rings. The van der Waals surface area contributed by atoms with E-state index >= 15 is 0 Å². The fraction of sp³-hybridized carbons (Fsp3) is 0.417. The summed E-state index contributed by atoms with van der Waals surface area (Å²) in [6.45, 7) is 3.05. The van der Waals surface area contributed by atoms with Gasteiger partial charge in [0.05, 0.1) is 12.3 Å². The number of hydrogen-bond donors (Lipinski definition) is 1. The van der Waals surface area contributed by atoms with E-state index in [2.05, 4.69) is 10.4 Å². The maximum atomic E-state index is 10.3. The third-order valence-electron chi connectivity index (χ3n) is 2.55. The van der Waals surface area contributed by atoms with Crippen LogP contribution in [0.3, 0.4) is 0 Å². The van der Waals surface area contributed by atoms with Crippen molar-refractivity contribution in [2.75, 3.05) is 20.1 Å². The summed E-state index contributed by atoms with van der Waals surface area (Å²) in [7, 11) is 1.85. The molecule has 5 heteroatoms. The molecule has 4 nitrogen and oxygen atoms in total. The van der Waals surface area contributed by atoms with Crippen molar-refractivity contribution < 1.29 is 34.7 Å². The zero-order valence-corrected chi connectivity index (χ0v) is 12.6. The molecule has 0 amide bonds. The first kappa shape index (κ1) is 14.8. The van der Waals surface area contributed by atoms with Gasteiger partial charge >= 0.3 is 29.6 Å². The molecule has 0 spiro atoms. The Bertz CT molecular complexity index is 392. The molecule has 0 bridgehead atoms. The Hall–Kier alpha value is -0.230. The van der Waals surface area contributed by atoms with E-state index in [1.54, 1.807) is 11.9 Å². The van der Waals surface area contributed by atoms with Gasteiger partial charge in [-0.2, -0.15) is 0 Å². The van der Waals surface area contributed by atoms with Crippen molar-refractivity contribution in [1.29, 1.82) is 0 Å². The first-order valence-corrected chi connectivity index (χ1v) is 5.36. The Morgan fingerprint density at radius 1 is 1.35 bits per heavy atom. The van der Waals surface area contributed by atoms with Gasteiger partial charge in [0.1, 0.15) is 0 Å². The van der Waals surface area contributed by atoms with Crippen molar-refractivity contribution in [2.45, 2.75) is 12.6 Å². The van der Waals surface area contributed by atoms with Crippen LogP contribution in [0.5, 0.6) is 0 Å². The topological polar surface area (TPSA) is 49.9 Å². The van der Waals surface area contributed by atoms with E-state index in [9.17, 15) is 5.11 Å². The second kappa shape index (κ2) is 6.09. The molecule has 86 valence electrons. The fourth-order valence-corrected chi connectivity index (χ4v) is 1.85. The van der Waals surface area contributed by atoms with Crippen LogP contribution in [0, 0.1) is 0 Å². The van der Waals surface area contributed by atoms with E-state index in [1.165, 1.54) is 0 Å². The molecule has 1 aliphatic heterocycles. The van der Waals surface area contributed by atoms with Gasteiger partial charge in [-0.15, -0.1) is 0 Å². The minimum Gasteiger partial charge on any atom is -0.561 e.